The van der Waals surface area contributed by atoms with Gasteiger partial charge in [0.05, 0.1) is 0 Å². The monoisotopic (exact) mass is 413 g/mol. The number of oxazole rings is 1. The Balaban J connectivity index is 0.000000370. The van der Waals surface area contributed by atoms with Crippen LogP contribution in [0.4, 0.5) is 23.6 Å². The predicted molar refractivity (Wildman–Crippen MR) is 94.5 cm³/mol. The van der Waals surface area contributed by atoms with Gasteiger partial charge in [0.15, 0.2) is 5.58 Å². The summed E-state index contributed by atoms with van der Waals surface area (Å²) in [6.45, 7) is 0. The maximum Gasteiger partial charge on any atom is 0.490 e. The maximum atomic E-state index is 13.0. The van der Waals surface area contributed by atoms with Gasteiger partial charge in [0, 0.05) is 7.05 Å². The Morgan fingerprint density at radius 2 is 1.69 bits per heavy atom. The number of nitrogens with zero attached hydrogens (tertiary/aromatic N) is 1. The van der Waals surface area contributed by atoms with Crippen molar-refractivity contribution in [2.75, 3.05) is 12.4 Å². The van der Waals surface area contributed by atoms with E-state index in [0.29, 0.717) is 16.7 Å². The van der Waals surface area contributed by atoms with E-state index in [9.17, 15) is 22.4 Å². The number of rotatable bonds is 4. The van der Waals surface area contributed by atoms with Gasteiger partial charge in [0.1, 0.15) is 17.4 Å². The van der Waals surface area contributed by atoms with E-state index in [1.807, 2.05) is 18.2 Å². The Kier molecular flexibility index (Phi) is 6.75. The smallest absolute Gasteiger partial charge is 0.475 e. The largest absolute Gasteiger partial charge is 0.490 e. The van der Waals surface area contributed by atoms with E-state index in [4.69, 9.17) is 14.3 Å². The molecule has 1 aromatic heterocycles. The molecule has 2 aromatic carbocycles. The fourth-order valence-electron chi connectivity index (χ4n) is 2.16. The lowest BCUT2D eigenvalue weighted by Gasteiger charge is -2.16. The van der Waals surface area contributed by atoms with Gasteiger partial charge in [-0.25, -0.2) is 9.18 Å². The Bertz CT molecular complexity index is 954. The third kappa shape index (κ3) is 5.92. The number of benzene rings is 2. The highest BCUT2D eigenvalue weighted by Gasteiger charge is 2.38. The molecule has 1 unspecified atom stereocenters. The number of amides is 1. The van der Waals surface area contributed by atoms with Gasteiger partial charge in [-0.1, -0.05) is 24.3 Å². The van der Waals surface area contributed by atoms with E-state index in [2.05, 4.69) is 15.6 Å². The minimum Gasteiger partial charge on any atom is -0.475 e. The summed E-state index contributed by atoms with van der Waals surface area (Å²) < 4.78 is 50.3. The summed E-state index contributed by atoms with van der Waals surface area (Å²) in [7, 11) is 1.53. The van der Waals surface area contributed by atoms with Crippen molar-refractivity contribution in [3.63, 3.8) is 0 Å². The van der Waals surface area contributed by atoms with Crippen LogP contribution in [-0.4, -0.2) is 35.2 Å². The minimum atomic E-state index is -5.08. The second kappa shape index (κ2) is 9.04. The first-order valence-electron chi connectivity index (χ1n) is 8.01. The van der Waals surface area contributed by atoms with E-state index in [-0.39, 0.29) is 17.7 Å². The summed E-state index contributed by atoms with van der Waals surface area (Å²) in [5.41, 5.74) is 1.93. The number of hydrogen-bond donors (Lipinski definition) is 3. The maximum absolute atomic E-state index is 13.0. The molecule has 0 aliphatic heterocycles. The molecule has 154 valence electrons. The van der Waals surface area contributed by atoms with Gasteiger partial charge in [-0.3, -0.25) is 4.79 Å². The second-order valence-electron chi connectivity index (χ2n) is 5.53. The van der Waals surface area contributed by atoms with Gasteiger partial charge in [-0.2, -0.15) is 18.2 Å². The molecule has 29 heavy (non-hydrogen) atoms. The summed E-state index contributed by atoms with van der Waals surface area (Å²) in [4.78, 5) is 25.3. The number of alkyl halides is 3. The minimum absolute atomic E-state index is 0.235. The highest BCUT2D eigenvalue weighted by atomic mass is 19.4. The first-order chi connectivity index (χ1) is 13.6. The second-order valence-corrected chi connectivity index (χ2v) is 5.53. The van der Waals surface area contributed by atoms with Crippen molar-refractivity contribution in [2.24, 2.45) is 0 Å². The number of carboxylic acid groups (broad SMARTS) is 1. The number of anilines is 1. The van der Waals surface area contributed by atoms with E-state index in [0.717, 1.165) is 0 Å². The van der Waals surface area contributed by atoms with Crippen molar-refractivity contribution in [3.05, 3.63) is 59.9 Å². The lowest BCUT2D eigenvalue weighted by molar-refractivity contribution is -0.192. The molecule has 3 aromatic rings. The van der Waals surface area contributed by atoms with E-state index >= 15 is 0 Å². The summed E-state index contributed by atoms with van der Waals surface area (Å²) in [6.07, 6.45) is -5.08. The number of para-hydroxylation sites is 2. The highest BCUT2D eigenvalue weighted by molar-refractivity contribution is 5.85. The van der Waals surface area contributed by atoms with Crippen molar-refractivity contribution in [1.29, 1.82) is 0 Å². The molecule has 0 aliphatic carbocycles. The molecule has 1 heterocycles. The number of halogens is 4. The number of carbonyl (C=O) groups excluding carboxylic acids is 1. The van der Waals surface area contributed by atoms with Gasteiger partial charge in [-0.15, -0.1) is 0 Å². The zero-order chi connectivity index (χ0) is 21.6. The van der Waals surface area contributed by atoms with E-state index < -0.39 is 18.2 Å². The normalized spacial score (nSPS) is 11.9. The third-order valence-electron chi connectivity index (χ3n) is 3.52. The van der Waals surface area contributed by atoms with Gasteiger partial charge in [0.25, 0.3) is 6.01 Å². The summed E-state index contributed by atoms with van der Waals surface area (Å²) in [5, 5.41) is 12.6. The van der Waals surface area contributed by atoms with Crippen molar-refractivity contribution in [3.8, 4) is 0 Å². The molecule has 0 fully saturated rings. The number of aromatic nitrogens is 1. The Hall–Kier alpha value is -3.63. The molecular formula is C18H15F4N3O4. The number of fused-ring (bicyclic) bond motifs is 1. The van der Waals surface area contributed by atoms with Gasteiger partial charge in [0.2, 0.25) is 5.91 Å². The molecule has 1 amide bonds. The zero-order valence-corrected chi connectivity index (χ0v) is 14.8. The molecule has 11 heteroatoms. The molecule has 0 radical (unpaired) electrons. The Morgan fingerprint density at radius 1 is 1.10 bits per heavy atom. The van der Waals surface area contributed by atoms with E-state index in [1.165, 1.54) is 19.2 Å². The van der Waals surface area contributed by atoms with Crippen LogP contribution in [0.3, 0.4) is 0 Å². The molecule has 3 N–H and O–H groups in total. The molecule has 0 spiro atoms. The van der Waals surface area contributed by atoms with Crippen molar-refractivity contribution in [2.45, 2.75) is 12.2 Å². The lowest BCUT2D eigenvalue weighted by atomic mass is 10.1. The molecule has 0 bridgehead atoms. The van der Waals surface area contributed by atoms with Crippen molar-refractivity contribution < 1.29 is 36.7 Å². The molecule has 1 atom stereocenters. The van der Waals surface area contributed by atoms with Crippen LogP contribution in [0, 0.1) is 5.82 Å². The van der Waals surface area contributed by atoms with Crippen LogP contribution in [0.5, 0.6) is 0 Å². The lowest BCUT2D eigenvalue weighted by Crippen LogP contribution is -2.30. The number of aliphatic carboxylic acids is 1. The fourth-order valence-corrected chi connectivity index (χ4v) is 2.16. The Morgan fingerprint density at radius 3 is 2.21 bits per heavy atom. The van der Waals surface area contributed by atoms with Crippen LogP contribution in [0.1, 0.15) is 11.6 Å². The third-order valence-corrected chi connectivity index (χ3v) is 3.52. The average molecular weight is 413 g/mol. The van der Waals surface area contributed by atoms with Crippen LogP contribution in [0.25, 0.3) is 11.1 Å². The van der Waals surface area contributed by atoms with Gasteiger partial charge in [-0.05, 0) is 29.8 Å². The topological polar surface area (TPSA) is 104 Å². The Labute approximate surface area is 161 Å². The molecule has 3 rings (SSSR count). The van der Waals surface area contributed by atoms with Crippen LogP contribution in [-0.2, 0) is 9.59 Å². The van der Waals surface area contributed by atoms with Crippen LogP contribution < -0.4 is 10.6 Å². The first kappa shape index (κ1) is 21.7. The first-order valence-corrected chi connectivity index (χ1v) is 8.01. The average Bonchev–Trinajstić information content (AvgIpc) is 3.08. The standard InChI is InChI=1S/C16H14FN3O2.C2HF3O2/c1-18-15(21)14(10-6-8-11(17)9-7-10)20-16-19-12-4-2-3-5-13(12)22-16;3-2(4,5)1(6)7/h2-9,14H,1H3,(H,18,21)(H,19,20);(H,6,7). The summed E-state index contributed by atoms with van der Waals surface area (Å²) in [5.74, 6) is -3.39. The van der Waals surface area contributed by atoms with Crippen LogP contribution >= 0.6 is 0 Å². The molecule has 0 saturated carbocycles. The van der Waals surface area contributed by atoms with Gasteiger partial charge < -0.3 is 20.2 Å². The van der Waals surface area contributed by atoms with Crippen molar-refractivity contribution >= 4 is 29.0 Å². The zero-order valence-electron chi connectivity index (χ0n) is 14.8. The molecule has 7 nitrogen and oxygen atoms in total. The predicted octanol–water partition coefficient (Wildman–Crippen LogP) is 3.50. The quantitative estimate of drug-likeness (QED) is 0.566. The highest BCUT2D eigenvalue weighted by Crippen LogP contribution is 2.23. The molecular weight excluding hydrogens is 398 g/mol. The number of carboxylic acids is 1. The summed E-state index contributed by atoms with van der Waals surface area (Å²) >= 11 is 0. The van der Waals surface area contributed by atoms with E-state index in [1.54, 1.807) is 18.2 Å². The van der Waals surface area contributed by atoms with Crippen molar-refractivity contribution in [1.82, 2.24) is 10.3 Å². The van der Waals surface area contributed by atoms with Crippen LogP contribution in [0.15, 0.2) is 52.9 Å². The molecule has 0 saturated heterocycles. The number of likely N-dealkylation sites (N-methyl/N-ethyl adjacent to an activating group) is 1. The summed E-state index contributed by atoms with van der Waals surface area (Å²) in [6, 6.07) is 12.5. The van der Waals surface area contributed by atoms with Gasteiger partial charge >= 0.3 is 12.1 Å². The SMILES string of the molecule is CNC(=O)C(Nc1nc2ccccc2o1)c1ccc(F)cc1.O=C(O)C(F)(F)F. The fraction of sp³-hybridized carbons (Fsp3) is 0.167. The molecule has 0 aliphatic rings. The number of carbonyl (C=O) groups is 2. The number of nitrogens with one attached hydrogen (secondary N) is 2. The number of hydrogen-bond acceptors (Lipinski definition) is 5. The van der Waals surface area contributed by atoms with Crippen LogP contribution in [0.2, 0.25) is 0 Å².